The quantitative estimate of drug-likeness (QED) is 0.716. The molecule has 2 rings (SSSR count). The van der Waals surface area contributed by atoms with Crippen LogP contribution in [0.15, 0.2) is 24.4 Å². The molecule has 1 saturated heterocycles. The lowest BCUT2D eigenvalue weighted by molar-refractivity contribution is -0.134. The molecule has 138 valence electrons. The number of pyridine rings is 1. The van der Waals surface area contributed by atoms with Crippen LogP contribution in [0, 0.1) is 0 Å². The summed E-state index contributed by atoms with van der Waals surface area (Å²) < 4.78 is 0.188. The first-order valence-electron chi connectivity index (χ1n) is 8.67. The molecule has 7 heteroatoms. The number of hydrogen-bond acceptors (Lipinski definition) is 5. The third-order valence-corrected chi connectivity index (χ3v) is 5.15. The van der Waals surface area contributed by atoms with Crippen molar-refractivity contribution in [2.75, 3.05) is 25.4 Å². The molecule has 0 unspecified atom stereocenters. The van der Waals surface area contributed by atoms with Gasteiger partial charge < -0.3 is 10.6 Å². The van der Waals surface area contributed by atoms with Crippen molar-refractivity contribution in [3.8, 4) is 0 Å². The van der Waals surface area contributed by atoms with Crippen molar-refractivity contribution in [3.05, 3.63) is 30.1 Å². The second-order valence-corrected chi connectivity index (χ2v) is 9.03. The molecule has 0 bridgehead atoms. The van der Waals surface area contributed by atoms with Gasteiger partial charge in [0.1, 0.15) is 0 Å². The fourth-order valence-corrected chi connectivity index (χ4v) is 3.48. The van der Waals surface area contributed by atoms with E-state index in [4.69, 9.17) is 0 Å². The van der Waals surface area contributed by atoms with E-state index >= 15 is 0 Å². The Balaban J connectivity index is 1.85. The molecule has 6 nitrogen and oxygen atoms in total. The summed E-state index contributed by atoms with van der Waals surface area (Å²) in [6, 6.07) is 5.30. The lowest BCUT2D eigenvalue weighted by Gasteiger charge is -2.34. The average molecular weight is 365 g/mol. The van der Waals surface area contributed by atoms with Gasteiger partial charge in [0.2, 0.25) is 11.8 Å². The van der Waals surface area contributed by atoms with Crippen LogP contribution < -0.4 is 10.6 Å². The molecule has 1 aromatic heterocycles. The van der Waals surface area contributed by atoms with E-state index in [-0.39, 0.29) is 23.0 Å². The summed E-state index contributed by atoms with van der Waals surface area (Å²) in [5.74, 6) is 0.702. The fraction of sp³-hybridized carbons (Fsp3) is 0.611. The third-order valence-electron chi connectivity index (χ3n) is 3.87. The molecule has 1 aliphatic rings. The Morgan fingerprint density at radius 3 is 2.92 bits per heavy atom. The molecule has 1 aromatic rings. The van der Waals surface area contributed by atoms with Crippen LogP contribution in [0.4, 0.5) is 0 Å². The fourth-order valence-electron chi connectivity index (χ4n) is 2.67. The van der Waals surface area contributed by atoms with Crippen LogP contribution in [0.1, 0.15) is 32.9 Å². The van der Waals surface area contributed by atoms with Crippen LogP contribution in [-0.4, -0.2) is 57.9 Å². The SMILES string of the molecule is CC(C)(C)SCCNC(=O)C[C@@H]1C(=O)NCCN1Cc1ccccn1. The largest absolute Gasteiger partial charge is 0.355 e. The summed E-state index contributed by atoms with van der Waals surface area (Å²) in [6.07, 6.45) is 1.92. The number of carbonyl (C=O) groups is 2. The topological polar surface area (TPSA) is 74.3 Å². The molecule has 2 heterocycles. The minimum absolute atomic E-state index is 0.0809. The Hall–Kier alpha value is -1.60. The first-order valence-corrected chi connectivity index (χ1v) is 9.66. The highest BCUT2D eigenvalue weighted by Gasteiger charge is 2.31. The van der Waals surface area contributed by atoms with Crippen LogP contribution in [0.25, 0.3) is 0 Å². The molecule has 2 amide bonds. The van der Waals surface area contributed by atoms with Gasteiger partial charge in [-0.15, -0.1) is 0 Å². The summed E-state index contributed by atoms with van der Waals surface area (Å²) in [4.78, 5) is 30.8. The lowest BCUT2D eigenvalue weighted by atomic mass is 10.1. The van der Waals surface area contributed by atoms with E-state index in [9.17, 15) is 9.59 Å². The number of nitrogens with one attached hydrogen (secondary N) is 2. The zero-order valence-corrected chi connectivity index (χ0v) is 16.1. The van der Waals surface area contributed by atoms with Crippen molar-refractivity contribution >= 4 is 23.6 Å². The van der Waals surface area contributed by atoms with Crippen molar-refractivity contribution in [1.29, 1.82) is 0 Å². The first-order chi connectivity index (χ1) is 11.8. The van der Waals surface area contributed by atoms with Gasteiger partial charge in [-0.05, 0) is 12.1 Å². The standard InChI is InChI=1S/C18H28N4O2S/c1-18(2,3)25-11-9-20-16(23)12-15-17(24)21-8-10-22(15)13-14-6-4-5-7-19-14/h4-7,15H,8-13H2,1-3H3,(H,20,23)(H,21,24)/t15-/m1/s1. The minimum Gasteiger partial charge on any atom is -0.355 e. The molecule has 0 aliphatic carbocycles. The second-order valence-electron chi connectivity index (χ2n) is 7.11. The predicted octanol–water partition coefficient (Wildman–Crippen LogP) is 1.42. The predicted molar refractivity (Wildman–Crippen MR) is 101 cm³/mol. The molecule has 25 heavy (non-hydrogen) atoms. The highest BCUT2D eigenvalue weighted by atomic mass is 32.2. The molecule has 0 spiro atoms. The van der Waals surface area contributed by atoms with Crippen molar-refractivity contribution in [2.24, 2.45) is 0 Å². The number of nitrogens with zero attached hydrogens (tertiary/aromatic N) is 2. The smallest absolute Gasteiger partial charge is 0.237 e. The third kappa shape index (κ3) is 7.04. The van der Waals surface area contributed by atoms with Crippen molar-refractivity contribution in [1.82, 2.24) is 20.5 Å². The summed E-state index contributed by atoms with van der Waals surface area (Å²) in [5, 5.41) is 5.78. The normalized spacial score (nSPS) is 18.7. The molecular formula is C18H28N4O2S. The number of hydrogen-bond donors (Lipinski definition) is 2. The molecule has 1 atom stereocenters. The summed E-state index contributed by atoms with van der Waals surface area (Å²) in [6.45, 7) is 8.98. The van der Waals surface area contributed by atoms with Gasteiger partial charge in [-0.2, -0.15) is 11.8 Å². The lowest BCUT2D eigenvalue weighted by Crippen LogP contribution is -2.56. The zero-order chi connectivity index (χ0) is 18.3. The number of piperazine rings is 1. The maximum atomic E-state index is 12.2. The average Bonchev–Trinajstić information content (AvgIpc) is 2.55. The van der Waals surface area contributed by atoms with Gasteiger partial charge in [0.25, 0.3) is 0 Å². The van der Waals surface area contributed by atoms with Gasteiger partial charge in [0.15, 0.2) is 0 Å². The van der Waals surface area contributed by atoms with Crippen LogP contribution in [0.5, 0.6) is 0 Å². The maximum absolute atomic E-state index is 12.2. The molecule has 0 aromatic carbocycles. The number of carbonyl (C=O) groups excluding carboxylic acids is 2. The van der Waals surface area contributed by atoms with Gasteiger partial charge in [-0.3, -0.25) is 19.5 Å². The minimum atomic E-state index is -0.439. The number of rotatable bonds is 7. The molecule has 1 aliphatic heterocycles. The zero-order valence-electron chi connectivity index (χ0n) is 15.2. The van der Waals surface area contributed by atoms with E-state index in [0.29, 0.717) is 19.6 Å². The monoisotopic (exact) mass is 364 g/mol. The number of thioether (sulfide) groups is 1. The summed E-state index contributed by atoms with van der Waals surface area (Å²) >= 11 is 1.81. The van der Waals surface area contributed by atoms with Gasteiger partial charge in [-0.25, -0.2) is 0 Å². The van der Waals surface area contributed by atoms with E-state index in [2.05, 4.69) is 36.4 Å². The highest BCUT2D eigenvalue weighted by molar-refractivity contribution is 8.00. The molecule has 0 radical (unpaired) electrons. The Bertz CT molecular complexity index is 574. The van der Waals surface area contributed by atoms with Crippen LogP contribution in [-0.2, 0) is 16.1 Å². The van der Waals surface area contributed by atoms with Crippen LogP contribution >= 0.6 is 11.8 Å². The summed E-state index contributed by atoms with van der Waals surface area (Å²) in [7, 11) is 0. The van der Waals surface area contributed by atoms with Crippen LogP contribution in [0.3, 0.4) is 0 Å². The van der Waals surface area contributed by atoms with E-state index in [1.807, 2.05) is 34.9 Å². The van der Waals surface area contributed by atoms with Crippen molar-refractivity contribution in [3.63, 3.8) is 0 Å². The second kappa shape index (κ2) is 9.20. The highest BCUT2D eigenvalue weighted by Crippen LogP contribution is 2.22. The molecular weight excluding hydrogens is 336 g/mol. The van der Waals surface area contributed by atoms with Crippen molar-refractivity contribution < 1.29 is 9.59 Å². The van der Waals surface area contributed by atoms with Crippen molar-refractivity contribution in [2.45, 2.75) is 44.5 Å². The maximum Gasteiger partial charge on any atom is 0.237 e. The van der Waals surface area contributed by atoms with Gasteiger partial charge in [-0.1, -0.05) is 26.8 Å². The van der Waals surface area contributed by atoms with Crippen LogP contribution in [0.2, 0.25) is 0 Å². The van der Waals surface area contributed by atoms with E-state index < -0.39 is 6.04 Å². The Labute approximate surface area is 154 Å². The Morgan fingerprint density at radius 2 is 2.24 bits per heavy atom. The van der Waals surface area contributed by atoms with E-state index in [1.165, 1.54) is 0 Å². The van der Waals surface area contributed by atoms with Gasteiger partial charge in [0, 0.05) is 42.9 Å². The first kappa shape index (κ1) is 19.7. The van der Waals surface area contributed by atoms with Gasteiger partial charge >= 0.3 is 0 Å². The Kier molecular flexibility index (Phi) is 7.25. The van der Waals surface area contributed by atoms with E-state index in [1.54, 1.807) is 6.20 Å². The molecule has 2 N–H and O–H groups in total. The number of aromatic nitrogens is 1. The molecule has 1 fully saturated rings. The van der Waals surface area contributed by atoms with Gasteiger partial charge in [0.05, 0.1) is 18.2 Å². The van der Waals surface area contributed by atoms with E-state index in [0.717, 1.165) is 18.0 Å². The molecule has 0 saturated carbocycles. The number of amides is 2. The Morgan fingerprint density at radius 1 is 1.44 bits per heavy atom. The summed E-state index contributed by atoms with van der Waals surface area (Å²) in [5.41, 5.74) is 0.907.